The molecule has 1 amide bonds. The number of thiocarbonyl (C=S) groups is 1. The van der Waals surface area contributed by atoms with Gasteiger partial charge in [0.05, 0.1) is 12.0 Å². The molecule has 1 fully saturated rings. The normalized spacial score (nSPS) is 14.9. The van der Waals surface area contributed by atoms with E-state index in [0.717, 1.165) is 11.1 Å². The molecule has 0 saturated carbocycles. The minimum Gasteiger partial charge on any atom is -0.493 e. The average Bonchev–Trinajstić information content (AvgIpc) is 3.00. The van der Waals surface area contributed by atoms with E-state index in [2.05, 4.69) is 6.58 Å². The lowest BCUT2D eigenvalue weighted by atomic mass is 10.2. The molecule has 0 bridgehead atoms. The number of hydrogen-bond donors (Lipinski definition) is 0. The first-order chi connectivity index (χ1) is 14.5. The highest BCUT2D eigenvalue weighted by atomic mass is 32.2. The molecule has 0 unspecified atom stereocenters. The van der Waals surface area contributed by atoms with Gasteiger partial charge in [-0.25, -0.2) is 0 Å². The fourth-order valence-corrected chi connectivity index (χ4v) is 4.12. The molecule has 30 heavy (non-hydrogen) atoms. The van der Waals surface area contributed by atoms with Crippen LogP contribution in [0.15, 0.2) is 60.0 Å². The summed E-state index contributed by atoms with van der Waals surface area (Å²) in [6, 6.07) is 13.3. The van der Waals surface area contributed by atoms with Crippen LogP contribution in [-0.4, -0.2) is 42.0 Å². The zero-order chi connectivity index (χ0) is 21.5. The summed E-state index contributed by atoms with van der Waals surface area (Å²) in [5.41, 5.74) is 1.91. The van der Waals surface area contributed by atoms with Gasteiger partial charge in [-0.1, -0.05) is 54.3 Å². The summed E-state index contributed by atoms with van der Waals surface area (Å²) in [5, 5.41) is 0. The minimum absolute atomic E-state index is 0.116. The molecule has 0 radical (unpaired) electrons. The molecule has 3 rings (SSSR count). The van der Waals surface area contributed by atoms with E-state index in [4.69, 9.17) is 26.4 Å². The molecule has 0 atom stereocenters. The highest BCUT2D eigenvalue weighted by Gasteiger charge is 2.31. The smallest absolute Gasteiger partial charge is 0.266 e. The number of para-hydroxylation sites is 1. The van der Waals surface area contributed by atoms with E-state index < -0.39 is 0 Å². The lowest BCUT2D eigenvalue weighted by molar-refractivity contribution is -0.121. The van der Waals surface area contributed by atoms with E-state index in [-0.39, 0.29) is 5.91 Å². The van der Waals surface area contributed by atoms with Gasteiger partial charge in [-0.2, -0.15) is 0 Å². The summed E-state index contributed by atoms with van der Waals surface area (Å²) in [4.78, 5) is 14.7. The van der Waals surface area contributed by atoms with Crippen molar-refractivity contribution in [3.05, 3.63) is 71.2 Å². The van der Waals surface area contributed by atoms with Crippen LogP contribution in [0.25, 0.3) is 6.08 Å². The molecule has 7 heteroatoms. The van der Waals surface area contributed by atoms with Gasteiger partial charge in [0.25, 0.3) is 5.91 Å². The van der Waals surface area contributed by atoms with Crippen LogP contribution in [0.3, 0.4) is 0 Å². The molecule has 1 aliphatic rings. The van der Waals surface area contributed by atoms with Gasteiger partial charge in [0, 0.05) is 12.1 Å². The standard InChI is InChI=1S/C23H23NO4S2/c1-4-11-24-22(25)21(30-23(24)29)15-17-7-5-6-8-18(17)27-12-13-28-19-10-9-16(2)14-20(19)26-3/h4-10,14-15H,1,11-13H2,2-3H3/b21-15-. The molecule has 0 aromatic heterocycles. The van der Waals surface area contributed by atoms with E-state index in [1.54, 1.807) is 13.2 Å². The minimum atomic E-state index is -0.116. The summed E-state index contributed by atoms with van der Waals surface area (Å²) in [6.45, 7) is 6.78. The number of benzene rings is 2. The zero-order valence-corrected chi connectivity index (χ0v) is 18.6. The third-order valence-corrected chi connectivity index (χ3v) is 5.69. The van der Waals surface area contributed by atoms with Crippen molar-refractivity contribution >= 4 is 40.3 Å². The lowest BCUT2D eigenvalue weighted by Gasteiger charge is -2.13. The molecule has 1 heterocycles. The fraction of sp³-hybridized carbons (Fsp3) is 0.217. The van der Waals surface area contributed by atoms with Gasteiger partial charge >= 0.3 is 0 Å². The van der Waals surface area contributed by atoms with E-state index >= 15 is 0 Å². The molecule has 2 aromatic carbocycles. The summed E-state index contributed by atoms with van der Waals surface area (Å²) in [5.74, 6) is 1.92. The first kappa shape index (κ1) is 21.9. The van der Waals surface area contributed by atoms with E-state index in [9.17, 15) is 4.79 Å². The second-order valence-electron chi connectivity index (χ2n) is 6.47. The van der Waals surface area contributed by atoms with Crippen LogP contribution in [0, 0.1) is 6.92 Å². The number of thioether (sulfide) groups is 1. The molecule has 5 nitrogen and oxygen atoms in total. The summed E-state index contributed by atoms with van der Waals surface area (Å²) < 4.78 is 17.6. The second-order valence-corrected chi connectivity index (χ2v) is 8.15. The highest BCUT2D eigenvalue weighted by Crippen LogP contribution is 2.34. The number of methoxy groups -OCH3 is 1. The maximum Gasteiger partial charge on any atom is 0.266 e. The first-order valence-electron chi connectivity index (χ1n) is 9.39. The Bertz CT molecular complexity index is 987. The van der Waals surface area contributed by atoms with Crippen molar-refractivity contribution < 1.29 is 19.0 Å². The van der Waals surface area contributed by atoms with Crippen molar-refractivity contribution in [2.24, 2.45) is 0 Å². The number of amides is 1. The Labute approximate surface area is 186 Å². The highest BCUT2D eigenvalue weighted by molar-refractivity contribution is 8.26. The third-order valence-electron chi connectivity index (χ3n) is 4.31. The number of hydrogen-bond acceptors (Lipinski definition) is 6. The largest absolute Gasteiger partial charge is 0.493 e. The summed E-state index contributed by atoms with van der Waals surface area (Å²) in [6.07, 6.45) is 3.47. The van der Waals surface area contributed by atoms with Crippen LogP contribution in [0.1, 0.15) is 11.1 Å². The number of nitrogens with zero attached hydrogens (tertiary/aromatic N) is 1. The second kappa shape index (κ2) is 10.3. The van der Waals surface area contributed by atoms with E-state index in [1.807, 2.05) is 55.5 Å². The molecule has 2 aromatic rings. The Hall–Kier alpha value is -2.77. The Balaban J connectivity index is 1.64. The van der Waals surface area contributed by atoms with Crippen molar-refractivity contribution in [3.63, 3.8) is 0 Å². The quantitative estimate of drug-likeness (QED) is 0.240. The van der Waals surface area contributed by atoms with Gasteiger partial charge in [-0.15, -0.1) is 6.58 Å². The van der Waals surface area contributed by atoms with Crippen molar-refractivity contribution in [1.82, 2.24) is 4.90 Å². The van der Waals surface area contributed by atoms with Gasteiger partial charge < -0.3 is 14.2 Å². The fourth-order valence-electron chi connectivity index (χ4n) is 2.86. The molecule has 1 aliphatic heterocycles. The maximum absolute atomic E-state index is 12.6. The number of carbonyl (C=O) groups excluding carboxylic acids is 1. The molecule has 0 aliphatic carbocycles. The predicted molar refractivity (Wildman–Crippen MR) is 125 cm³/mol. The Morgan fingerprint density at radius 3 is 2.57 bits per heavy atom. The molecular weight excluding hydrogens is 418 g/mol. The van der Waals surface area contributed by atoms with Crippen LogP contribution in [0.5, 0.6) is 17.2 Å². The predicted octanol–water partition coefficient (Wildman–Crippen LogP) is 4.85. The van der Waals surface area contributed by atoms with E-state index in [0.29, 0.717) is 46.2 Å². The van der Waals surface area contributed by atoms with Crippen LogP contribution in [0.4, 0.5) is 0 Å². The topological polar surface area (TPSA) is 48.0 Å². The van der Waals surface area contributed by atoms with Crippen LogP contribution >= 0.6 is 24.0 Å². The SMILES string of the molecule is C=CCN1C(=O)/C(=C/c2ccccc2OCCOc2ccc(C)cc2OC)SC1=S. The van der Waals surface area contributed by atoms with Crippen molar-refractivity contribution in [2.75, 3.05) is 26.9 Å². The molecule has 0 N–H and O–H groups in total. The van der Waals surface area contributed by atoms with Gasteiger partial charge in [-0.3, -0.25) is 9.69 Å². The average molecular weight is 442 g/mol. The zero-order valence-electron chi connectivity index (χ0n) is 16.9. The monoisotopic (exact) mass is 441 g/mol. The maximum atomic E-state index is 12.6. The Kier molecular flexibility index (Phi) is 7.54. The summed E-state index contributed by atoms with van der Waals surface area (Å²) in [7, 11) is 1.62. The number of ether oxygens (including phenoxy) is 3. The van der Waals surface area contributed by atoms with Crippen LogP contribution in [0.2, 0.25) is 0 Å². The van der Waals surface area contributed by atoms with Gasteiger partial charge in [0.2, 0.25) is 0 Å². The van der Waals surface area contributed by atoms with Crippen molar-refractivity contribution in [3.8, 4) is 17.2 Å². The van der Waals surface area contributed by atoms with Gasteiger partial charge in [0.15, 0.2) is 11.5 Å². The molecular formula is C23H23NO4S2. The third kappa shape index (κ3) is 5.23. The number of aryl methyl sites for hydroxylation is 1. The summed E-state index contributed by atoms with van der Waals surface area (Å²) >= 11 is 6.57. The lowest BCUT2D eigenvalue weighted by Crippen LogP contribution is -2.27. The van der Waals surface area contributed by atoms with Crippen molar-refractivity contribution in [1.29, 1.82) is 0 Å². The van der Waals surface area contributed by atoms with Gasteiger partial charge in [-0.05, 0) is 36.8 Å². The Morgan fingerprint density at radius 1 is 1.10 bits per heavy atom. The van der Waals surface area contributed by atoms with Gasteiger partial charge in [0.1, 0.15) is 23.3 Å². The molecule has 0 spiro atoms. The van der Waals surface area contributed by atoms with Crippen LogP contribution in [-0.2, 0) is 4.79 Å². The number of rotatable bonds is 9. The van der Waals surface area contributed by atoms with E-state index in [1.165, 1.54) is 16.7 Å². The molecule has 156 valence electrons. The first-order valence-corrected chi connectivity index (χ1v) is 10.6. The van der Waals surface area contributed by atoms with Crippen molar-refractivity contribution in [2.45, 2.75) is 6.92 Å². The Morgan fingerprint density at radius 2 is 1.83 bits per heavy atom. The molecule has 1 saturated heterocycles. The van der Waals surface area contributed by atoms with Crippen LogP contribution < -0.4 is 14.2 Å². The number of carbonyl (C=O) groups is 1.